The second-order valence-corrected chi connectivity index (χ2v) is 7.21. The molecule has 2 heterocycles. The summed E-state index contributed by atoms with van der Waals surface area (Å²) in [5.41, 5.74) is -1.10. The maximum Gasteiger partial charge on any atom is 0.219 e. The number of amides is 1. The molecule has 0 radical (unpaired) electrons. The van der Waals surface area contributed by atoms with E-state index in [2.05, 4.69) is 6.07 Å². The molecule has 1 fully saturated rings. The molecule has 1 aromatic heterocycles. The van der Waals surface area contributed by atoms with Crippen molar-refractivity contribution in [3.05, 3.63) is 34.0 Å². The Morgan fingerprint density at radius 1 is 1.40 bits per heavy atom. The van der Waals surface area contributed by atoms with E-state index in [9.17, 15) is 20.6 Å². The SMILES string of the molecule is CC(=O)N1CC=C2C(C#N)C(=N)C(C#N)(C#N)[C@H](c3cccs3)[C@H]2C1. The van der Waals surface area contributed by atoms with Gasteiger partial charge in [0.1, 0.15) is 5.92 Å². The maximum absolute atomic E-state index is 11.8. The number of rotatable bonds is 1. The molecule has 1 unspecified atom stereocenters. The van der Waals surface area contributed by atoms with Gasteiger partial charge in [-0.25, -0.2) is 0 Å². The number of carbonyl (C=O) groups excluding carboxylic acids is 1. The van der Waals surface area contributed by atoms with Crippen LogP contribution in [0, 0.1) is 56.7 Å². The molecule has 0 bridgehead atoms. The summed E-state index contributed by atoms with van der Waals surface area (Å²) in [6, 6.07) is 9.85. The largest absolute Gasteiger partial charge is 0.339 e. The minimum absolute atomic E-state index is 0.0890. The van der Waals surface area contributed by atoms with Gasteiger partial charge in [-0.15, -0.1) is 11.3 Å². The number of nitriles is 3. The van der Waals surface area contributed by atoms with Crippen LogP contribution in [-0.2, 0) is 4.79 Å². The van der Waals surface area contributed by atoms with E-state index in [-0.39, 0.29) is 17.5 Å². The lowest BCUT2D eigenvalue weighted by Crippen LogP contribution is -2.53. The van der Waals surface area contributed by atoms with E-state index in [1.165, 1.54) is 18.3 Å². The lowest BCUT2D eigenvalue weighted by Gasteiger charge is -2.47. The van der Waals surface area contributed by atoms with Crippen LogP contribution in [0.25, 0.3) is 0 Å². The molecule has 1 aliphatic heterocycles. The molecule has 1 amide bonds. The molecule has 1 N–H and O–H groups in total. The van der Waals surface area contributed by atoms with Crippen LogP contribution in [0.1, 0.15) is 17.7 Å². The summed E-state index contributed by atoms with van der Waals surface area (Å²) in [6.45, 7) is 2.21. The van der Waals surface area contributed by atoms with E-state index >= 15 is 0 Å². The summed E-state index contributed by atoms with van der Waals surface area (Å²) in [6.07, 6.45) is 1.82. The van der Waals surface area contributed by atoms with Gasteiger partial charge in [-0.1, -0.05) is 12.1 Å². The monoisotopic (exact) mass is 349 g/mol. The highest BCUT2D eigenvalue weighted by molar-refractivity contribution is 7.10. The first-order chi connectivity index (χ1) is 12.0. The van der Waals surface area contributed by atoms with Gasteiger partial charge in [0.05, 0.1) is 23.9 Å². The van der Waals surface area contributed by atoms with Crippen molar-refractivity contribution < 1.29 is 4.79 Å². The Morgan fingerprint density at radius 2 is 2.12 bits per heavy atom. The molecular weight excluding hydrogens is 334 g/mol. The zero-order chi connectivity index (χ0) is 18.2. The number of nitrogens with zero attached hydrogens (tertiary/aromatic N) is 4. The van der Waals surface area contributed by atoms with Crippen LogP contribution in [0.4, 0.5) is 0 Å². The van der Waals surface area contributed by atoms with Crippen LogP contribution in [0.15, 0.2) is 29.2 Å². The standard InChI is InChI=1S/C18H15N5OS/c1-11(24)23-5-4-12-13(7-19)17(22)18(9-20,10-21)16(14(12)8-23)15-3-2-6-25-15/h2-4,6,13-14,16,22H,5,8H2,1H3/t13?,14-,16-/m0/s1. The second-order valence-electron chi connectivity index (χ2n) is 6.24. The third-order valence-electron chi connectivity index (χ3n) is 5.09. The average molecular weight is 349 g/mol. The lowest BCUT2D eigenvalue weighted by molar-refractivity contribution is -0.129. The van der Waals surface area contributed by atoms with E-state index in [1.807, 2.05) is 35.7 Å². The van der Waals surface area contributed by atoms with Crippen molar-refractivity contribution in [2.24, 2.45) is 17.3 Å². The van der Waals surface area contributed by atoms with Crippen molar-refractivity contribution in [1.82, 2.24) is 4.90 Å². The van der Waals surface area contributed by atoms with Gasteiger partial charge in [0.15, 0.2) is 5.41 Å². The highest BCUT2D eigenvalue weighted by Crippen LogP contribution is 2.54. The Kier molecular flexibility index (Phi) is 4.17. The first-order valence-corrected chi connectivity index (χ1v) is 8.68. The molecule has 2 aliphatic rings. The Hall–Kier alpha value is -2.95. The first kappa shape index (κ1) is 16.9. The van der Waals surface area contributed by atoms with E-state index in [1.54, 1.807) is 4.90 Å². The van der Waals surface area contributed by atoms with E-state index in [0.717, 1.165) is 10.5 Å². The molecule has 6 nitrogen and oxygen atoms in total. The predicted molar refractivity (Wildman–Crippen MR) is 91.4 cm³/mol. The van der Waals surface area contributed by atoms with Gasteiger partial charge in [-0.2, -0.15) is 15.8 Å². The third kappa shape index (κ3) is 2.35. The van der Waals surface area contributed by atoms with Crippen molar-refractivity contribution in [2.75, 3.05) is 13.1 Å². The molecule has 25 heavy (non-hydrogen) atoms. The molecule has 3 atom stereocenters. The Bertz CT molecular complexity index is 866. The summed E-state index contributed by atoms with van der Waals surface area (Å²) in [5.74, 6) is -1.87. The first-order valence-electron chi connectivity index (χ1n) is 7.80. The zero-order valence-corrected chi connectivity index (χ0v) is 14.4. The molecule has 0 aromatic carbocycles. The molecule has 0 spiro atoms. The third-order valence-corrected chi connectivity index (χ3v) is 6.04. The van der Waals surface area contributed by atoms with Crippen molar-refractivity contribution in [1.29, 1.82) is 21.2 Å². The average Bonchev–Trinajstić information content (AvgIpc) is 3.14. The molecule has 124 valence electrons. The predicted octanol–water partition coefficient (Wildman–Crippen LogP) is 2.44. The summed E-state index contributed by atoms with van der Waals surface area (Å²) in [7, 11) is 0. The van der Waals surface area contributed by atoms with Crippen LogP contribution in [-0.4, -0.2) is 29.6 Å². The molecule has 0 saturated heterocycles. The van der Waals surface area contributed by atoms with E-state index in [4.69, 9.17) is 5.41 Å². The van der Waals surface area contributed by atoms with E-state index in [0.29, 0.717) is 13.1 Å². The topological polar surface area (TPSA) is 116 Å². The highest BCUT2D eigenvalue weighted by atomic mass is 32.1. The fraction of sp³-hybridized carbons (Fsp3) is 0.389. The van der Waals surface area contributed by atoms with Crippen LogP contribution >= 0.6 is 11.3 Å². The summed E-state index contributed by atoms with van der Waals surface area (Å²) >= 11 is 1.43. The Labute approximate surface area is 149 Å². The van der Waals surface area contributed by atoms with E-state index < -0.39 is 17.3 Å². The number of fused-ring (bicyclic) bond motifs is 1. The van der Waals surface area contributed by atoms with Gasteiger partial charge in [0.25, 0.3) is 0 Å². The smallest absolute Gasteiger partial charge is 0.219 e. The number of thiophene rings is 1. The number of hydrogen-bond donors (Lipinski definition) is 1. The molecular formula is C18H15N5OS. The zero-order valence-electron chi connectivity index (χ0n) is 13.6. The summed E-state index contributed by atoms with van der Waals surface area (Å²) in [4.78, 5) is 14.3. The van der Waals surface area contributed by atoms with Gasteiger partial charge in [0.2, 0.25) is 5.91 Å². The fourth-order valence-electron chi connectivity index (χ4n) is 3.84. The highest BCUT2D eigenvalue weighted by Gasteiger charge is 2.58. The fourth-order valence-corrected chi connectivity index (χ4v) is 4.80. The van der Waals surface area contributed by atoms with Crippen molar-refractivity contribution in [2.45, 2.75) is 12.8 Å². The van der Waals surface area contributed by atoms with Crippen LogP contribution in [0.2, 0.25) is 0 Å². The maximum atomic E-state index is 11.8. The lowest BCUT2D eigenvalue weighted by atomic mass is 9.55. The number of carbonyl (C=O) groups is 1. The Balaban J connectivity index is 2.23. The van der Waals surface area contributed by atoms with Gasteiger partial charge in [0, 0.05) is 36.7 Å². The van der Waals surface area contributed by atoms with Gasteiger partial charge >= 0.3 is 0 Å². The summed E-state index contributed by atoms with van der Waals surface area (Å²) in [5, 5.41) is 39.6. The molecule has 7 heteroatoms. The van der Waals surface area contributed by atoms with Crippen LogP contribution in [0.5, 0.6) is 0 Å². The second kappa shape index (κ2) is 6.16. The minimum atomic E-state index is -1.70. The quantitative estimate of drug-likeness (QED) is 0.784. The summed E-state index contributed by atoms with van der Waals surface area (Å²) < 4.78 is 0. The molecule has 1 aromatic rings. The van der Waals surface area contributed by atoms with Crippen molar-refractivity contribution in [3.63, 3.8) is 0 Å². The molecule has 1 aliphatic carbocycles. The van der Waals surface area contributed by atoms with Crippen LogP contribution in [0.3, 0.4) is 0 Å². The normalized spacial score (nSPS) is 27.3. The minimum Gasteiger partial charge on any atom is -0.339 e. The van der Waals surface area contributed by atoms with Gasteiger partial charge in [-0.05, 0) is 17.0 Å². The number of nitrogens with one attached hydrogen (secondary N) is 1. The van der Waals surface area contributed by atoms with Gasteiger partial charge < -0.3 is 10.3 Å². The molecule has 3 rings (SSSR count). The van der Waals surface area contributed by atoms with Crippen molar-refractivity contribution in [3.8, 4) is 18.2 Å². The van der Waals surface area contributed by atoms with Gasteiger partial charge in [-0.3, -0.25) is 4.79 Å². The molecule has 1 saturated carbocycles. The van der Waals surface area contributed by atoms with Crippen LogP contribution < -0.4 is 0 Å². The Morgan fingerprint density at radius 3 is 2.64 bits per heavy atom. The number of hydrogen-bond acceptors (Lipinski definition) is 6. The van der Waals surface area contributed by atoms with Crippen molar-refractivity contribution >= 4 is 23.0 Å².